The van der Waals surface area contributed by atoms with Gasteiger partial charge in [-0.15, -0.1) is 0 Å². The maximum absolute atomic E-state index is 11.7. The average molecular weight is 390 g/mol. The van der Waals surface area contributed by atoms with Crippen molar-refractivity contribution < 1.29 is 8.42 Å². The third-order valence-corrected chi connectivity index (χ3v) is 5.41. The van der Waals surface area contributed by atoms with Gasteiger partial charge in [-0.3, -0.25) is 9.83 Å². The topological polar surface area (TPSA) is 75.8 Å². The molecule has 28 heavy (non-hydrogen) atoms. The number of benzene rings is 2. The molecule has 0 fully saturated rings. The Labute approximate surface area is 163 Å². The van der Waals surface area contributed by atoms with Crippen molar-refractivity contribution in [3.63, 3.8) is 0 Å². The second kappa shape index (κ2) is 7.28. The Balaban J connectivity index is 1.75. The average Bonchev–Trinajstić information content (AvgIpc) is 3.07. The van der Waals surface area contributed by atoms with E-state index in [1.54, 1.807) is 30.5 Å². The maximum atomic E-state index is 11.7. The molecule has 0 saturated heterocycles. The smallest absolute Gasteiger partial charge is 0.175 e. The first-order valence-electron chi connectivity index (χ1n) is 8.64. The van der Waals surface area contributed by atoms with Crippen LogP contribution in [0.25, 0.3) is 16.9 Å². The van der Waals surface area contributed by atoms with Crippen LogP contribution in [0.3, 0.4) is 0 Å². The molecule has 0 aliphatic carbocycles. The zero-order chi connectivity index (χ0) is 19.6. The zero-order valence-electron chi connectivity index (χ0n) is 15.1. The van der Waals surface area contributed by atoms with E-state index in [-0.39, 0.29) is 4.90 Å². The van der Waals surface area contributed by atoms with E-state index in [1.165, 1.54) is 6.26 Å². The Kier molecular flexibility index (Phi) is 4.67. The number of imidazole rings is 1. The highest BCUT2D eigenvalue weighted by Gasteiger charge is 2.14. The molecule has 0 spiro atoms. The van der Waals surface area contributed by atoms with Crippen molar-refractivity contribution in [1.29, 1.82) is 0 Å². The van der Waals surface area contributed by atoms with Gasteiger partial charge < -0.3 is 0 Å². The van der Waals surface area contributed by atoms with Crippen LogP contribution in [0.15, 0.2) is 89.0 Å². The molecule has 0 unspecified atom stereocenters. The summed E-state index contributed by atoms with van der Waals surface area (Å²) in [7, 11) is -3.24. The van der Waals surface area contributed by atoms with Crippen molar-refractivity contribution in [2.24, 2.45) is 5.10 Å². The molecular formula is C21H18N4O2S. The largest absolute Gasteiger partial charge is 0.298 e. The third-order valence-electron chi connectivity index (χ3n) is 4.28. The van der Waals surface area contributed by atoms with Gasteiger partial charge >= 0.3 is 0 Å². The summed E-state index contributed by atoms with van der Waals surface area (Å²) in [6, 6.07) is 22.1. The predicted octanol–water partition coefficient (Wildman–Crippen LogP) is 3.85. The van der Waals surface area contributed by atoms with Gasteiger partial charge in [0.05, 0.1) is 28.2 Å². The third kappa shape index (κ3) is 3.65. The van der Waals surface area contributed by atoms with Crippen molar-refractivity contribution in [3.8, 4) is 11.3 Å². The zero-order valence-corrected chi connectivity index (χ0v) is 16.0. The number of rotatable bonds is 5. The van der Waals surface area contributed by atoms with Crippen molar-refractivity contribution >= 4 is 27.4 Å². The molecule has 0 radical (unpaired) electrons. The van der Waals surface area contributed by atoms with Gasteiger partial charge in [0.2, 0.25) is 0 Å². The minimum atomic E-state index is -3.24. The normalized spacial score (nSPS) is 11.9. The molecule has 0 amide bonds. The fourth-order valence-corrected chi connectivity index (χ4v) is 3.52. The Hall–Kier alpha value is -3.45. The number of nitrogens with zero attached hydrogens (tertiary/aromatic N) is 3. The van der Waals surface area contributed by atoms with E-state index in [1.807, 2.05) is 59.1 Å². The highest BCUT2D eigenvalue weighted by molar-refractivity contribution is 7.90. The Morgan fingerprint density at radius 2 is 1.68 bits per heavy atom. The van der Waals surface area contributed by atoms with Crippen LogP contribution in [-0.4, -0.2) is 30.3 Å². The van der Waals surface area contributed by atoms with Gasteiger partial charge in [0, 0.05) is 18.0 Å². The maximum Gasteiger partial charge on any atom is 0.175 e. The monoisotopic (exact) mass is 390 g/mol. The summed E-state index contributed by atoms with van der Waals surface area (Å²) in [5.41, 5.74) is 7.01. The number of hydrazone groups is 1. The van der Waals surface area contributed by atoms with Gasteiger partial charge in [0.25, 0.3) is 0 Å². The Bertz CT molecular complexity index is 1240. The van der Waals surface area contributed by atoms with E-state index >= 15 is 0 Å². The summed E-state index contributed by atoms with van der Waals surface area (Å²) in [6.07, 6.45) is 4.83. The minimum absolute atomic E-state index is 0.279. The highest BCUT2D eigenvalue weighted by Crippen LogP contribution is 2.25. The quantitative estimate of drug-likeness (QED) is 0.415. The van der Waals surface area contributed by atoms with Crippen LogP contribution >= 0.6 is 0 Å². The molecule has 0 saturated carbocycles. The number of sulfone groups is 1. The first-order chi connectivity index (χ1) is 13.5. The molecular weight excluding hydrogens is 372 g/mol. The molecule has 2 aromatic heterocycles. The van der Waals surface area contributed by atoms with Crippen molar-refractivity contribution in [2.45, 2.75) is 4.90 Å². The SMILES string of the molecule is CS(=O)(=O)c1ccc(-c2nc3ccccn3c2/C=N/Nc2ccccc2)cc1. The molecule has 4 rings (SSSR count). The van der Waals surface area contributed by atoms with Gasteiger partial charge in [-0.05, 0) is 36.4 Å². The molecule has 2 aromatic carbocycles. The van der Waals surface area contributed by atoms with Crippen molar-refractivity contribution in [3.05, 3.63) is 84.7 Å². The predicted molar refractivity (Wildman–Crippen MR) is 111 cm³/mol. The van der Waals surface area contributed by atoms with E-state index in [0.717, 1.165) is 28.3 Å². The number of hydrogen-bond acceptors (Lipinski definition) is 5. The van der Waals surface area contributed by atoms with Gasteiger partial charge in [-0.1, -0.05) is 36.4 Å². The summed E-state index contributed by atoms with van der Waals surface area (Å²) >= 11 is 0. The molecule has 2 heterocycles. The number of aromatic nitrogens is 2. The lowest BCUT2D eigenvalue weighted by Crippen LogP contribution is -1.98. The van der Waals surface area contributed by atoms with Crippen LogP contribution in [0.5, 0.6) is 0 Å². The van der Waals surface area contributed by atoms with Crippen LogP contribution in [0.1, 0.15) is 5.69 Å². The fraction of sp³-hybridized carbons (Fsp3) is 0.0476. The minimum Gasteiger partial charge on any atom is -0.298 e. The van der Waals surface area contributed by atoms with Crippen LogP contribution in [0.4, 0.5) is 5.69 Å². The van der Waals surface area contributed by atoms with Crippen LogP contribution in [0, 0.1) is 0 Å². The number of para-hydroxylation sites is 1. The molecule has 0 aliphatic heterocycles. The second-order valence-electron chi connectivity index (χ2n) is 6.31. The summed E-state index contributed by atoms with van der Waals surface area (Å²) < 4.78 is 25.4. The van der Waals surface area contributed by atoms with E-state index in [2.05, 4.69) is 10.5 Å². The van der Waals surface area contributed by atoms with Crippen molar-refractivity contribution in [2.75, 3.05) is 11.7 Å². The first-order valence-corrected chi connectivity index (χ1v) is 10.5. The molecule has 1 N–H and O–H groups in total. The lowest BCUT2D eigenvalue weighted by Gasteiger charge is -2.03. The van der Waals surface area contributed by atoms with Gasteiger partial charge in [0.15, 0.2) is 9.84 Å². The number of nitrogens with one attached hydrogen (secondary N) is 1. The van der Waals surface area contributed by atoms with Crippen LogP contribution < -0.4 is 5.43 Å². The molecule has 4 aromatic rings. The fourth-order valence-electron chi connectivity index (χ4n) is 2.89. The number of anilines is 1. The van der Waals surface area contributed by atoms with E-state index in [9.17, 15) is 8.42 Å². The number of pyridine rings is 1. The molecule has 140 valence electrons. The lowest BCUT2D eigenvalue weighted by atomic mass is 10.1. The van der Waals surface area contributed by atoms with Crippen LogP contribution in [-0.2, 0) is 9.84 Å². The van der Waals surface area contributed by atoms with Crippen LogP contribution in [0.2, 0.25) is 0 Å². The van der Waals surface area contributed by atoms with E-state index in [0.29, 0.717) is 0 Å². The highest BCUT2D eigenvalue weighted by atomic mass is 32.2. The summed E-state index contributed by atoms with van der Waals surface area (Å²) in [4.78, 5) is 4.97. The molecule has 7 heteroatoms. The van der Waals surface area contributed by atoms with Gasteiger partial charge in [-0.25, -0.2) is 13.4 Å². The number of hydrogen-bond donors (Lipinski definition) is 1. The Morgan fingerprint density at radius 3 is 2.39 bits per heavy atom. The van der Waals surface area contributed by atoms with E-state index < -0.39 is 9.84 Å². The number of fused-ring (bicyclic) bond motifs is 1. The standard InChI is InChI=1S/C21H18N4O2S/c1-28(26,27)18-12-10-16(11-13-18)21-19(25-14-6-5-9-20(25)23-21)15-22-24-17-7-3-2-4-8-17/h2-15,24H,1H3/b22-15+. The molecule has 0 bridgehead atoms. The molecule has 0 atom stereocenters. The summed E-state index contributed by atoms with van der Waals surface area (Å²) in [5, 5.41) is 4.35. The second-order valence-corrected chi connectivity index (χ2v) is 8.32. The van der Waals surface area contributed by atoms with Gasteiger partial charge in [0.1, 0.15) is 5.65 Å². The summed E-state index contributed by atoms with van der Waals surface area (Å²) in [6.45, 7) is 0. The lowest BCUT2D eigenvalue weighted by molar-refractivity contribution is 0.602. The molecule has 0 aliphatic rings. The van der Waals surface area contributed by atoms with Crippen molar-refractivity contribution in [1.82, 2.24) is 9.38 Å². The molecule has 6 nitrogen and oxygen atoms in total. The summed E-state index contributed by atoms with van der Waals surface area (Å²) in [5.74, 6) is 0. The Morgan fingerprint density at radius 1 is 0.964 bits per heavy atom. The van der Waals surface area contributed by atoms with Gasteiger partial charge in [-0.2, -0.15) is 5.10 Å². The van der Waals surface area contributed by atoms with E-state index in [4.69, 9.17) is 4.98 Å². The first kappa shape index (κ1) is 17.9.